The number of aliphatic carboxylic acids is 4. The topological polar surface area (TPSA) is 201 Å². The Balaban J connectivity index is -0.000000116. The van der Waals surface area contributed by atoms with Crippen LogP contribution < -0.4 is 71.8 Å². The summed E-state index contributed by atoms with van der Waals surface area (Å²) in [6, 6.07) is 0. The fourth-order valence-electron chi connectivity index (χ4n) is 0.482. The molecule has 10 nitrogen and oxygen atoms in total. The van der Waals surface area contributed by atoms with Crippen LogP contribution in [0.1, 0.15) is 12.8 Å². The van der Waals surface area contributed by atoms with Crippen molar-refractivity contribution in [2.75, 3.05) is 0 Å². The maximum atomic E-state index is 9.58. The van der Waals surface area contributed by atoms with Gasteiger partial charge in [0, 0.05) is 24.8 Å². The van der Waals surface area contributed by atoms with Crippen LogP contribution in [0.2, 0.25) is 0 Å². The van der Waals surface area contributed by atoms with Crippen LogP contribution in [-0.4, -0.2) is 46.3 Å². The summed E-state index contributed by atoms with van der Waals surface area (Å²) in [6.07, 6.45) is -5.78. The average molecular weight is 406 g/mol. The van der Waals surface area contributed by atoms with Crippen molar-refractivity contribution in [2.24, 2.45) is 0 Å². The summed E-state index contributed by atoms with van der Waals surface area (Å²) in [6.45, 7) is 0. The van der Waals surface area contributed by atoms with E-state index < -0.39 is 48.9 Å². The van der Waals surface area contributed by atoms with Crippen LogP contribution in [-0.2, 0) is 38.7 Å². The van der Waals surface area contributed by atoms with Crippen molar-refractivity contribution in [1.82, 2.24) is 0 Å². The quantitative estimate of drug-likeness (QED) is 0.399. The van der Waals surface area contributed by atoms with Crippen LogP contribution in [0.3, 0.4) is 0 Å². The molecule has 0 saturated heterocycles. The second kappa shape index (κ2) is 15.4. The van der Waals surface area contributed by atoms with Crippen LogP contribution in [0.4, 0.5) is 0 Å². The Morgan fingerprint density at radius 2 is 0.950 bits per heavy atom. The summed E-state index contributed by atoms with van der Waals surface area (Å²) < 4.78 is 0. The number of carboxylic acids is 4. The summed E-state index contributed by atoms with van der Waals surface area (Å²) in [5.41, 5.74) is 0. The molecule has 0 fully saturated rings. The molecule has 0 radical (unpaired) electrons. The summed E-state index contributed by atoms with van der Waals surface area (Å²) in [5, 5.41) is 54.7. The monoisotopic (exact) mass is 406 g/mol. The van der Waals surface area contributed by atoms with E-state index in [2.05, 4.69) is 0 Å². The molecule has 0 saturated carbocycles. The second-order valence-corrected chi connectivity index (χ2v) is 2.82. The van der Waals surface area contributed by atoms with E-state index >= 15 is 0 Å². The van der Waals surface area contributed by atoms with Gasteiger partial charge in [0.25, 0.3) is 0 Å². The van der Waals surface area contributed by atoms with E-state index in [1.165, 1.54) is 0 Å². The van der Waals surface area contributed by atoms with E-state index in [1.54, 1.807) is 0 Å². The number of carbonyl (C=O) groups excluding carboxylic acids is 4. The number of carboxylic acid groups (broad SMARTS) is 4. The van der Waals surface area contributed by atoms with Crippen LogP contribution in [0, 0.1) is 0 Å². The number of hydrogen-bond acceptors (Lipinski definition) is 10. The molecule has 0 heterocycles. The molecule has 0 aromatic rings. The van der Waals surface area contributed by atoms with Gasteiger partial charge in [0.1, 0.15) is 0 Å². The van der Waals surface area contributed by atoms with Crippen molar-refractivity contribution in [3.63, 3.8) is 0 Å². The van der Waals surface area contributed by atoms with Gasteiger partial charge in [-0.1, -0.05) is 0 Å². The van der Waals surface area contributed by atoms with Gasteiger partial charge < -0.3 is 49.8 Å². The summed E-state index contributed by atoms with van der Waals surface area (Å²) in [4.78, 5) is 38.3. The standard InChI is InChI=1S/2C4H6O5.K.Rh/c2*5-2(4(8)9)1-3(6)7;;/h2*2,5H,1H2,(H,6,7)(H,8,9);;/q;;+1;+3/p-4. The first kappa shape index (κ1) is 28.3. The fourth-order valence-corrected chi connectivity index (χ4v) is 0.482. The van der Waals surface area contributed by atoms with Crippen molar-refractivity contribution < 1.29 is 121 Å². The molecule has 0 rings (SSSR count). The Labute approximate surface area is 168 Å². The molecule has 0 aliphatic carbocycles. The minimum Gasteiger partial charge on any atom is -0.550 e. The number of carbonyl (C=O) groups is 4. The van der Waals surface area contributed by atoms with Crippen LogP contribution >= 0.6 is 0 Å². The predicted molar refractivity (Wildman–Crippen MR) is 41.3 cm³/mol. The molecule has 0 aliphatic rings. The predicted octanol–water partition coefficient (Wildman–Crippen LogP) is -10.5. The average Bonchev–Trinajstić information content (AvgIpc) is 2.16. The molecule has 12 heteroatoms. The van der Waals surface area contributed by atoms with Gasteiger partial charge >= 0.3 is 70.9 Å². The molecule has 0 spiro atoms. The molecule has 2 atom stereocenters. The number of hydrogen-bond donors (Lipinski definition) is 2. The number of aliphatic hydroxyl groups is 2. The van der Waals surface area contributed by atoms with Gasteiger partial charge in [-0.2, -0.15) is 0 Å². The molecule has 0 aromatic heterocycles. The van der Waals surface area contributed by atoms with Crippen molar-refractivity contribution >= 4 is 23.9 Å². The number of rotatable bonds is 6. The second-order valence-electron chi connectivity index (χ2n) is 2.82. The summed E-state index contributed by atoms with van der Waals surface area (Å²) in [7, 11) is 0. The molecule has 0 aliphatic heterocycles. The van der Waals surface area contributed by atoms with E-state index in [1.807, 2.05) is 0 Å². The third-order valence-electron chi connectivity index (χ3n) is 1.26. The van der Waals surface area contributed by atoms with Crippen LogP contribution in [0.25, 0.3) is 0 Å². The van der Waals surface area contributed by atoms with Gasteiger partial charge in [-0.25, -0.2) is 0 Å². The fraction of sp³-hybridized carbons (Fsp3) is 0.500. The Hall–Kier alpha value is 0.0597. The molecule has 2 N–H and O–H groups in total. The minimum absolute atomic E-state index is 0. The van der Waals surface area contributed by atoms with E-state index in [9.17, 15) is 39.6 Å². The molecule has 110 valence electrons. The van der Waals surface area contributed by atoms with Gasteiger partial charge in [-0.05, 0) is 0 Å². The smallest absolute Gasteiger partial charge is 0.550 e. The molecule has 2 unspecified atom stereocenters. The van der Waals surface area contributed by atoms with E-state index in [4.69, 9.17) is 10.2 Å². The third kappa shape index (κ3) is 20.4. The summed E-state index contributed by atoms with van der Waals surface area (Å²) in [5.74, 6) is -6.85. The zero-order chi connectivity index (χ0) is 14.9. The molecule has 0 aromatic carbocycles. The Morgan fingerprint density at radius 1 is 0.750 bits per heavy atom. The van der Waals surface area contributed by atoms with Crippen molar-refractivity contribution in [3.05, 3.63) is 0 Å². The summed E-state index contributed by atoms with van der Waals surface area (Å²) >= 11 is 0. The Morgan fingerprint density at radius 3 is 1.00 bits per heavy atom. The number of aliphatic hydroxyl groups excluding tert-OH is 2. The van der Waals surface area contributed by atoms with E-state index in [0.29, 0.717) is 0 Å². The van der Waals surface area contributed by atoms with E-state index in [0.717, 1.165) is 0 Å². The zero-order valence-corrected chi connectivity index (χ0v) is 14.8. The first-order valence-corrected chi connectivity index (χ1v) is 4.25. The van der Waals surface area contributed by atoms with Gasteiger partial charge in [0.05, 0.1) is 24.1 Å². The van der Waals surface area contributed by atoms with Crippen LogP contribution in [0.15, 0.2) is 0 Å². The van der Waals surface area contributed by atoms with Crippen LogP contribution in [0.5, 0.6) is 0 Å². The van der Waals surface area contributed by atoms with Gasteiger partial charge in [0.2, 0.25) is 0 Å². The van der Waals surface area contributed by atoms with Gasteiger partial charge in [0.15, 0.2) is 0 Å². The Bertz CT molecular complexity index is 301. The Kier molecular flexibility index (Phi) is 21.8. The zero-order valence-electron chi connectivity index (χ0n) is 10.1. The molecule has 0 amide bonds. The van der Waals surface area contributed by atoms with E-state index in [-0.39, 0.29) is 70.9 Å². The van der Waals surface area contributed by atoms with Gasteiger partial charge in [-0.15, -0.1) is 0 Å². The maximum absolute atomic E-state index is 9.58. The van der Waals surface area contributed by atoms with Crippen molar-refractivity contribution in [2.45, 2.75) is 25.0 Å². The first-order valence-electron chi connectivity index (χ1n) is 4.25. The van der Waals surface area contributed by atoms with Crippen molar-refractivity contribution in [1.29, 1.82) is 0 Å². The molecule has 0 bridgehead atoms. The largest absolute Gasteiger partial charge is 3.00 e. The maximum Gasteiger partial charge on any atom is 3.00 e. The molecule has 20 heavy (non-hydrogen) atoms. The molecular formula is C8H8KO10Rh. The first-order chi connectivity index (χ1) is 8.07. The molecular weight excluding hydrogens is 398 g/mol. The normalized spacial score (nSPS) is 11.3. The van der Waals surface area contributed by atoms with Crippen molar-refractivity contribution in [3.8, 4) is 0 Å². The SMILES string of the molecule is O=C([O-])CC(O)C(=O)[O-].O=C([O-])CC(O)C(=O)[O-].[K+].[Rh+3]. The third-order valence-corrected chi connectivity index (χ3v) is 1.26. The van der Waals surface area contributed by atoms with Gasteiger partial charge in [-0.3, -0.25) is 0 Å². The minimum atomic E-state index is -1.96.